The van der Waals surface area contributed by atoms with E-state index in [4.69, 9.17) is 14.2 Å². The Hall–Kier alpha value is -4.15. The van der Waals surface area contributed by atoms with E-state index in [1.807, 2.05) is 0 Å². The second kappa shape index (κ2) is 13.0. The minimum absolute atomic E-state index is 0.00876. The highest BCUT2D eigenvalue weighted by atomic mass is 32.2. The Morgan fingerprint density at radius 2 is 1.70 bits per heavy atom. The lowest BCUT2D eigenvalue weighted by molar-refractivity contribution is 0.0980. The fourth-order valence-corrected chi connectivity index (χ4v) is 5.87. The highest BCUT2D eigenvalue weighted by Crippen LogP contribution is 2.35. The molecule has 0 unspecified atom stereocenters. The van der Waals surface area contributed by atoms with Crippen LogP contribution in [0.4, 0.5) is 22.4 Å². The molecule has 1 aromatic heterocycles. The van der Waals surface area contributed by atoms with E-state index < -0.39 is 64.1 Å². The Kier molecular flexibility index (Phi) is 9.62. The number of benzene rings is 2. The average molecular weight is 630 g/mol. The summed E-state index contributed by atoms with van der Waals surface area (Å²) in [6, 6.07) is 8.19. The van der Waals surface area contributed by atoms with E-state index in [-0.39, 0.29) is 42.1 Å². The Labute approximate surface area is 243 Å². The number of halogens is 4. The van der Waals surface area contributed by atoms with Crippen LogP contribution in [0.3, 0.4) is 0 Å². The lowest BCUT2D eigenvalue weighted by Crippen LogP contribution is -2.50. The predicted molar refractivity (Wildman–Crippen MR) is 141 cm³/mol. The molecule has 1 aliphatic rings. The SMILES string of the molecule is CC(C)CN(C[C@@H](O)[C@H](Cc1ccc(Oc2nc(F)c(F)c(F)c2F)cc1)NC(=O)O)S(=O)(=O)c1ccc2c(c1)OCO2. The normalized spacial score (nSPS) is 14.2. The topological polar surface area (TPSA) is 148 Å². The van der Waals surface area contributed by atoms with E-state index in [1.54, 1.807) is 13.8 Å². The number of aliphatic hydroxyl groups excluding tert-OH is 1. The molecule has 0 saturated heterocycles. The van der Waals surface area contributed by atoms with Gasteiger partial charge in [-0.1, -0.05) is 26.0 Å². The summed E-state index contributed by atoms with van der Waals surface area (Å²) < 4.78 is 97.6. The monoisotopic (exact) mass is 629 g/mol. The van der Waals surface area contributed by atoms with E-state index in [0.29, 0.717) is 11.3 Å². The van der Waals surface area contributed by atoms with Gasteiger partial charge in [-0.2, -0.15) is 22.5 Å². The molecule has 0 bridgehead atoms. The number of fused-ring (bicyclic) bond motifs is 1. The third-order valence-corrected chi connectivity index (χ3v) is 8.09. The zero-order chi connectivity index (χ0) is 31.5. The van der Waals surface area contributed by atoms with Crippen molar-refractivity contribution in [2.75, 3.05) is 19.9 Å². The van der Waals surface area contributed by atoms with Crippen molar-refractivity contribution in [1.82, 2.24) is 14.6 Å². The lowest BCUT2D eigenvalue weighted by Gasteiger charge is -2.30. The summed E-state index contributed by atoms with van der Waals surface area (Å²) in [6.07, 6.45) is -3.11. The molecule has 2 atom stereocenters. The minimum atomic E-state index is -4.16. The maximum atomic E-state index is 13.9. The molecule has 0 saturated carbocycles. The number of nitrogens with zero attached hydrogens (tertiary/aromatic N) is 2. The number of nitrogens with one attached hydrogen (secondary N) is 1. The molecular formula is C27H27F4N3O8S. The second-order valence-electron chi connectivity index (χ2n) is 9.95. The highest BCUT2D eigenvalue weighted by molar-refractivity contribution is 7.89. The molecule has 0 spiro atoms. The van der Waals surface area contributed by atoms with Crippen molar-refractivity contribution in [3.05, 3.63) is 71.4 Å². The van der Waals surface area contributed by atoms with Crippen molar-refractivity contribution in [3.8, 4) is 23.1 Å². The molecule has 3 aromatic rings. The Bertz CT molecular complexity index is 1590. The molecule has 1 aliphatic heterocycles. The number of sulfonamides is 1. The van der Waals surface area contributed by atoms with Crippen LogP contribution in [-0.2, 0) is 16.4 Å². The number of rotatable bonds is 12. The number of ether oxygens (including phenoxy) is 3. The molecule has 2 heterocycles. The fraction of sp³-hybridized carbons (Fsp3) is 0.333. The first-order valence-corrected chi connectivity index (χ1v) is 14.2. The zero-order valence-corrected chi connectivity index (χ0v) is 23.6. The Morgan fingerprint density at radius 1 is 1.02 bits per heavy atom. The van der Waals surface area contributed by atoms with Gasteiger partial charge in [-0.3, -0.25) is 0 Å². The van der Waals surface area contributed by atoms with Crippen molar-refractivity contribution in [1.29, 1.82) is 0 Å². The van der Waals surface area contributed by atoms with E-state index in [1.165, 1.54) is 42.5 Å². The van der Waals surface area contributed by atoms with Gasteiger partial charge in [0.1, 0.15) is 5.75 Å². The van der Waals surface area contributed by atoms with Gasteiger partial charge in [0, 0.05) is 19.2 Å². The molecule has 2 aromatic carbocycles. The van der Waals surface area contributed by atoms with Crippen LogP contribution in [0.2, 0.25) is 0 Å². The van der Waals surface area contributed by atoms with Gasteiger partial charge >= 0.3 is 6.09 Å². The van der Waals surface area contributed by atoms with Crippen molar-refractivity contribution in [3.63, 3.8) is 0 Å². The summed E-state index contributed by atoms with van der Waals surface area (Å²) in [6.45, 7) is 3.05. The Morgan fingerprint density at radius 3 is 2.35 bits per heavy atom. The van der Waals surface area contributed by atoms with Crippen LogP contribution >= 0.6 is 0 Å². The average Bonchev–Trinajstić information content (AvgIpc) is 3.42. The zero-order valence-electron chi connectivity index (χ0n) is 22.8. The van der Waals surface area contributed by atoms with Crippen LogP contribution in [-0.4, -0.2) is 66.0 Å². The van der Waals surface area contributed by atoms with E-state index in [0.717, 1.165) is 4.31 Å². The van der Waals surface area contributed by atoms with E-state index >= 15 is 0 Å². The summed E-state index contributed by atoms with van der Waals surface area (Å²) in [7, 11) is -4.16. The van der Waals surface area contributed by atoms with Gasteiger partial charge in [0.15, 0.2) is 11.5 Å². The summed E-state index contributed by atoms with van der Waals surface area (Å²) in [5.74, 6) is -8.72. The smallest absolute Gasteiger partial charge is 0.404 e. The Balaban J connectivity index is 1.51. The number of pyridine rings is 1. The number of hydrogen-bond acceptors (Lipinski definition) is 8. The van der Waals surface area contributed by atoms with Gasteiger partial charge in [0.25, 0.3) is 11.8 Å². The first-order chi connectivity index (χ1) is 20.3. The van der Waals surface area contributed by atoms with Gasteiger partial charge in [0.05, 0.1) is 17.0 Å². The molecule has 43 heavy (non-hydrogen) atoms. The summed E-state index contributed by atoms with van der Waals surface area (Å²) in [5.41, 5.74) is 0.420. The number of carbonyl (C=O) groups is 1. The highest BCUT2D eigenvalue weighted by Gasteiger charge is 2.32. The molecular weight excluding hydrogens is 602 g/mol. The third kappa shape index (κ3) is 7.44. The first kappa shape index (κ1) is 31.8. The van der Waals surface area contributed by atoms with Crippen molar-refractivity contribution < 1.29 is 55.2 Å². The van der Waals surface area contributed by atoms with Crippen molar-refractivity contribution in [2.24, 2.45) is 5.92 Å². The molecule has 4 rings (SSSR count). The minimum Gasteiger partial charge on any atom is -0.465 e. The first-order valence-electron chi connectivity index (χ1n) is 12.8. The number of carboxylic acid groups (broad SMARTS) is 1. The van der Waals surface area contributed by atoms with Gasteiger partial charge < -0.3 is 29.7 Å². The largest absolute Gasteiger partial charge is 0.465 e. The van der Waals surface area contributed by atoms with Crippen LogP contribution in [0.5, 0.6) is 23.1 Å². The number of hydrogen-bond donors (Lipinski definition) is 3. The van der Waals surface area contributed by atoms with E-state index in [9.17, 15) is 41.0 Å². The molecule has 232 valence electrons. The van der Waals surface area contributed by atoms with Crippen LogP contribution < -0.4 is 19.5 Å². The van der Waals surface area contributed by atoms with Gasteiger partial charge in [-0.05, 0) is 42.2 Å². The lowest BCUT2D eigenvalue weighted by atomic mass is 10.0. The number of amides is 1. The molecule has 16 heteroatoms. The van der Waals surface area contributed by atoms with Crippen molar-refractivity contribution >= 4 is 16.1 Å². The summed E-state index contributed by atoms with van der Waals surface area (Å²) in [4.78, 5) is 14.3. The maximum absolute atomic E-state index is 13.9. The summed E-state index contributed by atoms with van der Waals surface area (Å²) >= 11 is 0. The standard InChI is InChI=1S/C27H27F4N3O8S/c1-14(2)11-34(43(38,39)17-7-8-20-21(10-17)41-13-40-20)12-19(35)18(32-27(36)37)9-15-3-5-16(6-4-15)42-26-24(30)22(28)23(29)25(31)33-26/h3-8,10,14,18-19,32,35H,9,11-13H2,1-2H3,(H,36,37)/t18-,19+/m0/s1. The molecule has 3 N–H and O–H groups in total. The molecule has 0 fully saturated rings. The van der Waals surface area contributed by atoms with Crippen LogP contribution in [0.1, 0.15) is 19.4 Å². The third-order valence-electron chi connectivity index (χ3n) is 6.26. The van der Waals surface area contributed by atoms with Crippen LogP contribution in [0, 0.1) is 29.3 Å². The van der Waals surface area contributed by atoms with Crippen molar-refractivity contribution in [2.45, 2.75) is 37.3 Å². The molecule has 0 radical (unpaired) electrons. The molecule has 11 nitrogen and oxygen atoms in total. The second-order valence-corrected chi connectivity index (χ2v) is 11.9. The molecule has 1 amide bonds. The van der Waals surface area contributed by atoms with Crippen LogP contribution in [0.25, 0.3) is 0 Å². The molecule has 0 aliphatic carbocycles. The van der Waals surface area contributed by atoms with Crippen LogP contribution in [0.15, 0.2) is 47.4 Å². The maximum Gasteiger partial charge on any atom is 0.404 e. The predicted octanol–water partition coefficient (Wildman–Crippen LogP) is 4.05. The van der Waals surface area contributed by atoms with Gasteiger partial charge in [0.2, 0.25) is 34.3 Å². The quantitative estimate of drug-likeness (QED) is 0.199. The van der Waals surface area contributed by atoms with Gasteiger partial charge in [-0.15, -0.1) is 0 Å². The fourth-order valence-electron chi connectivity index (χ4n) is 4.24. The summed E-state index contributed by atoms with van der Waals surface area (Å²) in [5, 5.41) is 22.6. The number of aliphatic hydroxyl groups is 1. The van der Waals surface area contributed by atoms with Gasteiger partial charge in [-0.25, -0.2) is 17.6 Å². The van der Waals surface area contributed by atoms with E-state index in [2.05, 4.69) is 10.3 Å². The number of aromatic nitrogens is 1.